The number of aryl methyl sites for hydroxylation is 1. The van der Waals surface area contributed by atoms with Crippen LogP contribution >= 0.6 is 11.8 Å². The lowest BCUT2D eigenvalue weighted by Crippen LogP contribution is -2.24. The summed E-state index contributed by atoms with van der Waals surface area (Å²) in [5.74, 6) is 0.238. The summed E-state index contributed by atoms with van der Waals surface area (Å²) < 4.78 is 0. The third-order valence-electron chi connectivity index (χ3n) is 3.27. The molecular formula is C18H19NO3S. The Morgan fingerprint density at radius 1 is 1.09 bits per heavy atom. The summed E-state index contributed by atoms with van der Waals surface area (Å²) >= 11 is 1.57. The highest BCUT2D eigenvalue weighted by molar-refractivity contribution is 7.99. The highest BCUT2D eigenvalue weighted by atomic mass is 32.2. The van der Waals surface area contributed by atoms with Gasteiger partial charge in [-0.1, -0.05) is 42.0 Å². The first-order valence-electron chi connectivity index (χ1n) is 7.27. The molecule has 0 aromatic heterocycles. The number of nitrogens with one attached hydrogen (secondary N) is 1. The van der Waals surface area contributed by atoms with Crippen molar-refractivity contribution in [1.82, 2.24) is 5.32 Å². The second kappa shape index (κ2) is 8.39. The molecule has 0 aliphatic heterocycles. The first-order chi connectivity index (χ1) is 11.0. The molecular weight excluding hydrogens is 310 g/mol. The molecule has 0 unspecified atom stereocenters. The SMILES string of the molecule is Cc1cccc(CSCC(=O)NCc2ccc(C(=O)O)cc2)c1. The van der Waals surface area contributed by atoms with E-state index in [0.29, 0.717) is 12.3 Å². The van der Waals surface area contributed by atoms with Crippen LogP contribution in [0.25, 0.3) is 0 Å². The summed E-state index contributed by atoms with van der Waals surface area (Å²) in [7, 11) is 0. The van der Waals surface area contributed by atoms with Gasteiger partial charge in [-0.3, -0.25) is 4.79 Å². The standard InChI is InChI=1S/C18H19NO3S/c1-13-3-2-4-15(9-13)11-23-12-17(20)19-10-14-5-7-16(8-6-14)18(21)22/h2-9H,10-12H2,1H3,(H,19,20)(H,21,22). The van der Waals surface area contributed by atoms with Gasteiger partial charge in [0.05, 0.1) is 11.3 Å². The monoisotopic (exact) mass is 329 g/mol. The van der Waals surface area contributed by atoms with Gasteiger partial charge < -0.3 is 10.4 Å². The van der Waals surface area contributed by atoms with E-state index >= 15 is 0 Å². The zero-order valence-corrected chi connectivity index (χ0v) is 13.7. The molecule has 4 nitrogen and oxygen atoms in total. The van der Waals surface area contributed by atoms with Gasteiger partial charge in [0.1, 0.15) is 0 Å². The Morgan fingerprint density at radius 2 is 1.83 bits per heavy atom. The van der Waals surface area contributed by atoms with E-state index in [1.54, 1.807) is 23.9 Å². The fourth-order valence-electron chi connectivity index (χ4n) is 2.08. The van der Waals surface area contributed by atoms with Crippen LogP contribution in [0.5, 0.6) is 0 Å². The Hall–Kier alpha value is -2.27. The van der Waals surface area contributed by atoms with Crippen molar-refractivity contribution < 1.29 is 14.7 Å². The molecule has 2 aromatic carbocycles. The predicted molar refractivity (Wildman–Crippen MR) is 92.6 cm³/mol. The number of rotatable bonds is 7. The van der Waals surface area contributed by atoms with Gasteiger partial charge in [-0.05, 0) is 30.2 Å². The number of benzene rings is 2. The lowest BCUT2D eigenvalue weighted by molar-refractivity contribution is -0.118. The summed E-state index contributed by atoms with van der Waals surface area (Å²) in [6.45, 7) is 2.46. The summed E-state index contributed by atoms with van der Waals surface area (Å²) in [6, 6.07) is 14.7. The van der Waals surface area contributed by atoms with Crippen LogP contribution in [0.2, 0.25) is 0 Å². The molecule has 0 atom stereocenters. The second-order valence-corrected chi connectivity index (χ2v) is 6.25. The maximum absolute atomic E-state index is 11.8. The molecule has 0 aliphatic carbocycles. The molecule has 5 heteroatoms. The smallest absolute Gasteiger partial charge is 0.335 e. The fraction of sp³-hybridized carbons (Fsp3) is 0.222. The van der Waals surface area contributed by atoms with Crippen molar-refractivity contribution in [3.63, 3.8) is 0 Å². The van der Waals surface area contributed by atoms with Crippen LogP contribution < -0.4 is 5.32 Å². The van der Waals surface area contributed by atoms with Crippen LogP contribution in [0.1, 0.15) is 27.0 Å². The van der Waals surface area contributed by atoms with Crippen LogP contribution in [0.3, 0.4) is 0 Å². The predicted octanol–water partition coefficient (Wildman–Crippen LogP) is 3.24. The zero-order chi connectivity index (χ0) is 16.7. The third kappa shape index (κ3) is 5.79. The average molecular weight is 329 g/mol. The van der Waals surface area contributed by atoms with E-state index < -0.39 is 5.97 Å². The highest BCUT2D eigenvalue weighted by Gasteiger charge is 2.04. The third-order valence-corrected chi connectivity index (χ3v) is 4.28. The maximum atomic E-state index is 11.8. The topological polar surface area (TPSA) is 66.4 Å². The van der Waals surface area contributed by atoms with Crippen LogP contribution in [0, 0.1) is 6.92 Å². The Balaban J connectivity index is 1.71. The molecule has 2 rings (SSSR count). The van der Waals surface area contributed by atoms with E-state index in [0.717, 1.165) is 11.3 Å². The van der Waals surface area contributed by atoms with E-state index in [-0.39, 0.29) is 11.5 Å². The van der Waals surface area contributed by atoms with Crippen molar-refractivity contribution in [3.8, 4) is 0 Å². The number of carbonyl (C=O) groups excluding carboxylic acids is 1. The molecule has 0 saturated heterocycles. The molecule has 2 aromatic rings. The van der Waals surface area contributed by atoms with Gasteiger partial charge in [0.2, 0.25) is 5.91 Å². The van der Waals surface area contributed by atoms with Crippen molar-refractivity contribution in [2.24, 2.45) is 0 Å². The summed E-state index contributed by atoms with van der Waals surface area (Å²) in [5, 5.41) is 11.7. The van der Waals surface area contributed by atoms with Gasteiger partial charge in [0.25, 0.3) is 0 Å². The van der Waals surface area contributed by atoms with Crippen LogP contribution in [0.4, 0.5) is 0 Å². The Kier molecular flexibility index (Phi) is 6.23. The average Bonchev–Trinajstić information content (AvgIpc) is 2.53. The van der Waals surface area contributed by atoms with Gasteiger partial charge in [0.15, 0.2) is 0 Å². The first kappa shape index (κ1) is 17.1. The van der Waals surface area contributed by atoms with E-state index in [4.69, 9.17) is 5.11 Å². The Labute approximate surface area is 139 Å². The van der Waals surface area contributed by atoms with Gasteiger partial charge in [-0.2, -0.15) is 0 Å². The normalized spacial score (nSPS) is 10.3. The van der Waals surface area contributed by atoms with Crippen molar-refractivity contribution >= 4 is 23.6 Å². The molecule has 120 valence electrons. The lowest BCUT2D eigenvalue weighted by Gasteiger charge is -2.06. The zero-order valence-electron chi connectivity index (χ0n) is 12.9. The molecule has 23 heavy (non-hydrogen) atoms. The van der Waals surface area contributed by atoms with E-state index in [2.05, 4.69) is 30.4 Å². The highest BCUT2D eigenvalue weighted by Crippen LogP contribution is 2.13. The number of carbonyl (C=O) groups is 2. The van der Waals surface area contributed by atoms with E-state index in [9.17, 15) is 9.59 Å². The van der Waals surface area contributed by atoms with Crippen LogP contribution in [0.15, 0.2) is 48.5 Å². The van der Waals surface area contributed by atoms with Crippen molar-refractivity contribution in [2.75, 3.05) is 5.75 Å². The maximum Gasteiger partial charge on any atom is 0.335 e. The number of carboxylic acids is 1. The van der Waals surface area contributed by atoms with Crippen molar-refractivity contribution in [3.05, 3.63) is 70.8 Å². The van der Waals surface area contributed by atoms with Gasteiger partial charge >= 0.3 is 5.97 Å². The van der Waals surface area contributed by atoms with E-state index in [1.807, 2.05) is 6.07 Å². The Bertz CT molecular complexity index is 683. The number of hydrogen-bond donors (Lipinski definition) is 2. The summed E-state index contributed by atoms with van der Waals surface area (Å²) in [5.41, 5.74) is 3.56. The second-order valence-electron chi connectivity index (χ2n) is 5.26. The molecule has 0 radical (unpaired) electrons. The van der Waals surface area contributed by atoms with Gasteiger partial charge in [-0.15, -0.1) is 11.8 Å². The molecule has 0 fully saturated rings. The fourth-order valence-corrected chi connectivity index (χ4v) is 2.89. The largest absolute Gasteiger partial charge is 0.478 e. The number of hydrogen-bond acceptors (Lipinski definition) is 3. The molecule has 0 bridgehead atoms. The molecule has 0 spiro atoms. The van der Waals surface area contributed by atoms with Crippen molar-refractivity contribution in [1.29, 1.82) is 0 Å². The minimum Gasteiger partial charge on any atom is -0.478 e. The number of amides is 1. The minimum absolute atomic E-state index is 0.0232. The number of thioether (sulfide) groups is 1. The van der Waals surface area contributed by atoms with E-state index in [1.165, 1.54) is 23.3 Å². The van der Waals surface area contributed by atoms with Crippen LogP contribution in [-0.2, 0) is 17.1 Å². The molecule has 0 aliphatic rings. The van der Waals surface area contributed by atoms with Gasteiger partial charge in [0, 0.05) is 12.3 Å². The van der Waals surface area contributed by atoms with Gasteiger partial charge in [-0.25, -0.2) is 4.79 Å². The molecule has 0 saturated carbocycles. The number of aromatic carboxylic acids is 1. The summed E-state index contributed by atoms with van der Waals surface area (Å²) in [6.07, 6.45) is 0. The minimum atomic E-state index is -0.951. The van der Waals surface area contributed by atoms with Crippen LogP contribution in [-0.4, -0.2) is 22.7 Å². The molecule has 0 heterocycles. The molecule has 2 N–H and O–H groups in total. The molecule has 1 amide bonds. The lowest BCUT2D eigenvalue weighted by atomic mass is 10.1. The van der Waals surface area contributed by atoms with Crippen molar-refractivity contribution in [2.45, 2.75) is 19.2 Å². The summed E-state index contributed by atoms with van der Waals surface area (Å²) in [4.78, 5) is 22.6. The number of carboxylic acid groups (broad SMARTS) is 1. The quantitative estimate of drug-likeness (QED) is 0.818. The Morgan fingerprint density at radius 3 is 2.48 bits per heavy atom. The first-order valence-corrected chi connectivity index (χ1v) is 8.42.